The van der Waals surface area contributed by atoms with Crippen LogP contribution in [0.15, 0.2) is 0 Å². The fourth-order valence-corrected chi connectivity index (χ4v) is 2.27. The Balaban J connectivity index is 4.14. The van der Waals surface area contributed by atoms with Crippen LogP contribution in [0, 0.1) is 17.3 Å². The van der Waals surface area contributed by atoms with Crippen LogP contribution in [0.4, 0.5) is 0 Å². The minimum Gasteiger partial charge on any atom is -0.0654 e. The largest absolute Gasteiger partial charge is 0.0654 e. The predicted octanol–water partition coefficient (Wildman–Crippen LogP) is 4.45. The Morgan fingerprint density at radius 1 is 1.17 bits per heavy atom. The highest BCUT2D eigenvalue weighted by atomic mass is 14.3. The van der Waals surface area contributed by atoms with Gasteiger partial charge in [0, 0.05) is 0 Å². The number of rotatable bonds is 4. The second-order valence-electron chi connectivity index (χ2n) is 4.92. The first-order valence-corrected chi connectivity index (χ1v) is 5.25. The van der Waals surface area contributed by atoms with Crippen LogP contribution < -0.4 is 0 Å². The Morgan fingerprint density at radius 2 is 1.67 bits per heavy atom. The topological polar surface area (TPSA) is 0 Å². The molecule has 1 unspecified atom stereocenters. The lowest BCUT2D eigenvalue weighted by Gasteiger charge is -2.34. The summed E-state index contributed by atoms with van der Waals surface area (Å²) in [5.41, 5.74) is 0.452. The van der Waals surface area contributed by atoms with Crippen molar-refractivity contribution in [2.45, 2.75) is 60.8 Å². The molecule has 1 radical (unpaired) electrons. The van der Waals surface area contributed by atoms with Crippen LogP contribution in [-0.2, 0) is 0 Å². The minimum absolute atomic E-state index is 0.452. The van der Waals surface area contributed by atoms with E-state index in [2.05, 4.69) is 41.5 Å². The maximum absolute atomic E-state index is 2.35. The lowest BCUT2D eigenvalue weighted by atomic mass is 9.71. The van der Waals surface area contributed by atoms with Gasteiger partial charge in [-0.15, -0.1) is 0 Å². The van der Waals surface area contributed by atoms with Crippen molar-refractivity contribution >= 4 is 0 Å². The fourth-order valence-electron chi connectivity index (χ4n) is 2.27. The molecule has 0 nitrogen and oxygen atoms in total. The molecule has 0 aliphatic rings. The zero-order valence-corrected chi connectivity index (χ0v) is 9.70. The molecule has 0 aromatic rings. The van der Waals surface area contributed by atoms with Gasteiger partial charge >= 0.3 is 0 Å². The second-order valence-corrected chi connectivity index (χ2v) is 4.92. The Hall–Kier alpha value is 0. The molecule has 0 saturated heterocycles. The molecule has 0 N–H and O–H groups in total. The van der Waals surface area contributed by atoms with Gasteiger partial charge in [-0.05, 0) is 23.7 Å². The van der Waals surface area contributed by atoms with Gasteiger partial charge in [0.25, 0.3) is 0 Å². The van der Waals surface area contributed by atoms with Crippen molar-refractivity contribution in [3.05, 3.63) is 5.92 Å². The first-order chi connectivity index (χ1) is 5.43. The molecule has 0 amide bonds. The molecule has 0 bridgehead atoms. The molecule has 73 valence electrons. The molecule has 0 rings (SSSR count). The summed E-state index contributed by atoms with van der Waals surface area (Å²) in [7, 11) is 0. The second kappa shape index (κ2) is 4.89. The Kier molecular flexibility index (Phi) is 4.89. The van der Waals surface area contributed by atoms with Gasteiger partial charge in [-0.25, -0.2) is 0 Å². The SMILES string of the molecule is CCC[C](C)C(CC)C(C)(C)C. The summed E-state index contributed by atoms with van der Waals surface area (Å²) >= 11 is 0. The highest BCUT2D eigenvalue weighted by Gasteiger charge is 2.27. The summed E-state index contributed by atoms with van der Waals surface area (Å²) in [6.45, 7) is 13.9. The first kappa shape index (κ1) is 12.0. The Morgan fingerprint density at radius 3 is 1.92 bits per heavy atom. The monoisotopic (exact) mass is 169 g/mol. The number of hydrogen-bond donors (Lipinski definition) is 0. The van der Waals surface area contributed by atoms with Gasteiger partial charge in [0.05, 0.1) is 0 Å². The van der Waals surface area contributed by atoms with Crippen molar-refractivity contribution in [3.63, 3.8) is 0 Å². The molecular weight excluding hydrogens is 144 g/mol. The van der Waals surface area contributed by atoms with Crippen molar-refractivity contribution in [1.82, 2.24) is 0 Å². The molecular formula is C12H25. The van der Waals surface area contributed by atoms with Crippen LogP contribution in [0.2, 0.25) is 0 Å². The van der Waals surface area contributed by atoms with E-state index in [0.29, 0.717) is 5.41 Å². The average Bonchev–Trinajstić information content (AvgIpc) is 1.85. The molecule has 1 atom stereocenters. The fraction of sp³-hybridized carbons (Fsp3) is 0.917. The van der Waals surface area contributed by atoms with Gasteiger partial charge in [-0.1, -0.05) is 54.4 Å². The molecule has 0 aromatic carbocycles. The number of hydrogen-bond acceptors (Lipinski definition) is 0. The van der Waals surface area contributed by atoms with Gasteiger partial charge in [-0.2, -0.15) is 0 Å². The highest BCUT2D eigenvalue weighted by molar-refractivity contribution is 4.96. The molecule has 0 spiro atoms. The summed E-state index contributed by atoms with van der Waals surface area (Å²) in [4.78, 5) is 0. The average molecular weight is 169 g/mol. The molecule has 0 saturated carbocycles. The van der Waals surface area contributed by atoms with Crippen LogP contribution in [0.3, 0.4) is 0 Å². The summed E-state index contributed by atoms with van der Waals surface area (Å²) in [5.74, 6) is 2.49. The highest BCUT2D eigenvalue weighted by Crippen LogP contribution is 2.37. The van der Waals surface area contributed by atoms with Gasteiger partial charge in [0.15, 0.2) is 0 Å². The van der Waals surface area contributed by atoms with E-state index in [1.807, 2.05) is 0 Å². The van der Waals surface area contributed by atoms with E-state index in [1.54, 1.807) is 5.92 Å². The van der Waals surface area contributed by atoms with Crippen LogP contribution in [-0.4, -0.2) is 0 Å². The van der Waals surface area contributed by atoms with E-state index in [-0.39, 0.29) is 0 Å². The van der Waals surface area contributed by atoms with E-state index in [1.165, 1.54) is 19.3 Å². The van der Waals surface area contributed by atoms with Crippen molar-refractivity contribution in [2.75, 3.05) is 0 Å². The molecule has 0 aliphatic carbocycles. The van der Waals surface area contributed by atoms with Crippen LogP contribution in [0.5, 0.6) is 0 Å². The van der Waals surface area contributed by atoms with E-state index < -0.39 is 0 Å². The van der Waals surface area contributed by atoms with Crippen molar-refractivity contribution < 1.29 is 0 Å². The summed E-state index contributed by atoms with van der Waals surface area (Å²) in [6.07, 6.45) is 3.88. The smallest absolute Gasteiger partial charge is 0.0236 e. The molecule has 12 heavy (non-hydrogen) atoms. The maximum atomic E-state index is 2.35. The Bertz CT molecular complexity index is 108. The molecule has 0 aliphatic heterocycles. The minimum atomic E-state index is 0.452. The van der Waals surface area contributed by atoms with Crippen molar-refractivity contribution in [2.24, 2.45) is 11.3 Å². The lowest BCUT2D eigenvalue weighted by molar-refractivity contribution is 0.238. The van der Waals surface area contributed by atoms with Gasteiger partial charge in [-0.3, -0.25) is 0 Å². The van der Waals surface area contributed by atoms with Crippen LogP contribution in [0.1, 0.15) is 60.8 Å². The quantitative estimate of drug-likeness (QED) is 0.583. The zero-order valence-electron chi connectivity index (χ0n) is 9.70. The molecule has 0 heteroatoms. The predicted molar refractivity (Wildman–Crippen MR) is 57.1 cm³/mol. The normalized spacial score (nSPS) is 15.2. The third kappa shape index (κ3) is 3.60. The van der Waals surface area contributed by atoms with Gasteiger partial charge in [0.2, 0.25) is 0 Å². The molecule has 0 fully saturated rings. The first-order valence-electron chi connectivity index (χ1n) is 5.25. The van der Waals surface area contributed by atoms with E-state index >= 15 is 0 Å². The van der Waals surface area contributed by atoms with Gasteiger partial charge in [0.1, 0.15) is 0 Å². The van der Waals surface area contributed by atoms with E-state index in [0.717, 1.165) is 5.92 Å². The zero-order chi connectivity index (χ0) is 9.78. The third-order valence-corrected chi connectivity index (χ3v) is 2.69. The van der Waals surface area contributed by atoms with E-state index in [9.17, 15) is 0 Å². The third-order valence-electron chi connectivity index (χ3n) is 2.69. The standard InChI is InChI=1S/C12H25/c1-7-9-10(3)11(8-2)12(4,5)6/h11H,7-9H2,1-6H3. The van der Waals surface area contributed by atoms with Crippen molar-refractivity contribution in [1.29, 1.82) is 0 Å². The molecule has 0 heterocycles. The molecule has 0 aromatic heterocycles. The van der Waals surface area contributed by atoms with Crippen molar-refractivity contribution in [3.8, 4) is 0 Å². The maximum Gasteiger partial charge on any atom is -0.0236 e. The van der Waals surface area contributed by atoms with Crippen LogP contribution >= 0.6 is 0 Å². The van der Waals surface area contributed by atoms with Gasteiger partial charge < -0.3 is 0 Å². The summed E-state index contributed by atoms with van der Waals surface area (Å²) in [5, 5.41) is 0. The lowest BCUT2D eigenvalue weighted by Crippen LogP contribution is -2.24. The van der Waals surface area contributed by atoms with Crippen LogP contribution in [0.25, 0.3) is 0 Å². The van der Waals surface area contributed by atoms with E-state index in [4.69, 9.17) is 0 Å². The summed E-state index contributed by atoms with van der Waals surface area (Å²) in [6, 6.07) is 0. The summed E-state index contributed by atoms with van der Waals surface area (Å²) < 4.78 is 0. The Labute approximate surface area is 78.8 Å².